The zero-order chi connectivity index (χ0) is 18.5. The predicted octanol–water partition coefficient (Wildman–Crippen LogP) is 3.08. The Balaban J connectivity index is 1.57. The summed E-state index contributed by atoms with van der Waals surface area (Å²) in [7, 11) is 0. The zero-order valence-electron chi connectivity index (χ0n) is 15.3. The van der Waals surface area contributed by atoms with Gasteiger partial charge < -0.3 is 15.1 Å². The summed E-state index contributed by atoms with van der Waals surface area (Å²) in [5.41, 5.74) is 2.50. The van der Waals surface area contributed by atoms with Crippen molar-refractivity contribution in [3.63, 3.8) is 0 Å². The highest BCUT2D eigenvalue weighted by Gasteiger charge is 2.18. The Morgan fingerprint density at radius 2 is 1.65 bits per heavy atom. The lowest BCUT2D eigenvalue weighted by Gasteiger charge is -2.37. The largest absolute Gasteiger partial charge is 0.368 e. The third-order valence-electron chi connectivity index (χ3n) is 4.81. The van der Waals surface area contributed by atoms with Gasteiger partial charge in [-0.3, -0.25) is 4.79 Å². The maximum absolute atomic E-state index is 13.1. The lowest BCUT2D eigenvalue weighted by atomic mass is 10.2. The number of halogens is 1. The minimum atomic E-state index is -0.212. The van der Waals surface area contributed by atoms with E-state index in [1.165, 1.54) is 12.1 Å². The minimum Gasteiger partial charge on any atom is -0.368 e. The van der Waals surface area contributed by atoms with E-state index >= 15 is 0 Å². The summed E-state index contributed by atoms with van der Waals surface area (Å²) in [6.07, 6.45) is 2.65. The van der Waals surface area contributed by atoms with E-state index in [1.54, 1.807) is 12.3 Å². The van der Waals surface area contributed by atoms with Crippen molar-refractivity contribution in [1.29, 1.82) is 0 Å². The summed E-state index contributed by atoms with van der Waals surface area (Å²) in [6, 6.07) is 10.5. The van der Waals surface area contributed by atoms with Gasteiger partial charge >= 0.3 is 0 Å². The summed E-state index contributed by atoms with van der Waals surface area (Å²) in [5, 5.41) is 2.92. The van der Waals surface area contributed by atoms with Gasteiger partial charge in [0, 0.05) is 37.9 Å². The fourth-order valence-corrected chi connectivity index (χ4v) is 2.98. The van der Waals surface area contributed by atoms with Crippen LogP contribution in [-0.4, -0.2) is 43.1 Å². The Kier molecular flexibility index (Phi) is 5.71. The van der Waals surface area contributed by atoms with Crippen molar-refractivity contribution in [3.05, 3.63) is 54.1 Å². The van der Waals surface area contributed by atoms with Crippen LogP contribution in [0.25, 0.3) is 0 Å². The van der Waals surface area contributed by atoms with Crippen molar-refractivity contribution in [2.24, 2.45) is 0 Å². The van der Waals surface area contributed by atoms with E-state index in [4.69, 9.17) is 0 Å². The number of anilines is 2. The molecule has 1 atom stereocenters. The fraction of sp³-hybridized carbons (Fsp3) is 0.400. The van der Waals surface area contributed by atoms with Gasteiger partial charge in [-0.15, -0.1) is 0 Å². The molecule has 2 heterocycles. The Hall–Kier alpha value is -2.63. The fourth-order valence-electron chi connectivity index (χ4n) is 2.98. The summed E-state index contributed by atoms with van der Waals surface area (Å²) >= 11 is 0. The second kappa shape index (κ2) is 8.17. The van der Waals surface area contributed by atoms with Crippen molar-refractivity contribution >= 4 is 17.3 Å². The first-order valence-electron chi connectivity index (χ1n) is 9.09. The van der Waals surface area contributed by atoms with Crippen LogP contribution in [0.5, 0.6) is 0 Å². The molecule has 2 aromatic rings. The lowest BCUT2D eigenvalue weighted by Crippen LogP contribution is -2.46. The molecule has 3 rings (SSSR count). The molecule has 1 N–H and O–H groups in total. The van der Waals surface area contributed by atoms with Gasteiger partial charge in [0.2, 0.25) is 0 Å². The van der Waals surface area contributed by atoms with Gasteiger partial charge in [-0.25, -0.2) is 9.37 Å². The van der Waals surface area contributed by atoms with Gasteiger partial charge in [-0.05, 0) is 49.7 Å². The summed E-state index contributed by atoms with van der Waals surface area (Å²) < 4.78 is 13.1. The molecule has 26 heavy (non-hydrogen) atoms. The monoisotopic (exact) mass is 356 g/mol. The molecule has 1 aliphatic heterocycles. The van der Waals surface area contributed by atoms with Crippen LogP contribution < -0.4 is 15.1 Å². The highest BCUT2D eigenvalue weighted by atomic mass is 19.1. The number of amides is 1. The Morgan fingerprint density at radius 3 is 2.19 bits per heavy atom. The number of hydrogen-bond acceptors (Lipinski definition) is 4. The number of carbonyl (C=O) groups excluding carboxylic acids is 1. The van der Waals surface area contributed by atoms with Crippen LogP contribution >= 0.6 is 0 Å². The normalized spacial score (nSPS) is 15.7. The molecule has 1 amide bonds. The highest BCUT2D eigenvalue weighted by molar-refractivity contribution is 5.92. The number of nitrogens with zero attached hydrogens (tertiary/aromatic N) is 3. The van der Waals surface area contributed by atoms with Gasteiger partial charge in [-0.1, -0.05) is 6.92 Å². The topological polar surface area (TPSA) is 48.5 Å². The molecule has 1 aromatic heterocycles. The van der Waals surface area contributed by atoms with E-state index in [0.29, 0.717) is 5.69 Å². The average molecular weight is 356 g/mol. The van der Waals surface area contributed by atoms with Crippen LogP contribution in [0.15, 0.2) is 42.6 Å². The van der Waals surface area contributed by atoms with Crippen LogP contribution in [0, 0.1) is 5.82 Å². The van der Waals surface area contributed by atoms with Crippen molar-refractivity contribution in [3.8, 4) is 0 Å². The molecule has 0 bridgehead atoms. The van der Waals surface area contributed by atoms with E-state index in [0.717, 1.165) is 44.0 Å². The molecule has 138 valence electrons. The van der Waals surface area contributed by atoms with Crippen molar-refractivity contribution in [1.82, 2.24) is 10.3 Å². The third-order valence-corrected chi connectivity index (χ3v) is 4.81. The van der Waals surface area contributed by atoms with Crippen LogP contribution in [0.2, 0.25) is 0 Å². The Bertz CT molecular complexity index is 724. The van der Waals surface area contributed by atoms with Gasteiger partial charge in [0.1, 0.15) is 11.5 Å². The number of hydrogen-bond donors (Lipinski definition) is 1. The molecule has 1 unspecified atom stereocenters. The average Bonchev–Trinajstić information content (AvgIpc) is 2.68. The molecule has 0 spiro atoms. The minimum absolute atomic E-state index is 0.132. The number of benzene rings is 1. The highest BCUT2D eigenvalue weighted by Crippen LogP contribution is 2.20. The Labute approximate surface area is 153 Å². The van der Waals surface area contributed by atoms with Crippen LogP contribution in [0.3, 0.4) is 0 Å². The Morgan fingerprint density at radius 1 is 1.08 bits per heavy atom. The van der Waals surface area contributed by atoms with Gasteiger partial charge in [0.05, 0.1) is 11.9 Å². The van der Waals surface area contributed by atoms with Crippen LogP contribution in [-0.2, 0) is 0 Å². The second-order valence-electron chi connectivity index (χ2n) is 6.63. The van der Waals surface area contributed by atoms with E-state index in [9.17, 15) is 9.18 Å². The van der Waals surface area contributed by atoms with Gasteiger partial charge in [-0.2, -0.15) is 0 Å². The lowest BCUT2D eigenvalue weighted by molar-refractivity contribution is 0.0934. The SMILES string of the molecule is CCC(C)NC(=O)c1ccc(N2CCN(c3ccc(F)cc3)CC2)cn1. The van der Waals surface area contributed by atoms with Gasteiger partial charge in [0.25, 0.3) is 5.91 Å². The third kappa shape index (κ3) is 4.31. The van der Waals surface area contributed by atoms with E-state index in [1.807, 2.05) is 32.0 Å². The van der Waals surface area contributed by atoms with E-state index in [-0.39, 0.29) is 17.8 Å². The molecule has 1 fully saturated rings. The van der Waals surface area contributed by atoms with Crippen molar-refractivity contribution in [2.75, 3.05) is 36.0 Å². The maximum Gasteiger partial charge on any atom is 0.270 e. The number of piperazine rings is 1. The molecular formula is C20H25FN4O. The molecule has 1 aromatic carbocycles. The van der Waals surface area contributed by atoms with Crippen LogP contribution in [0.1, 0.15) is 30.8 Å². The van der Waals surface area contributed by atoms with E-state index < -0.39 is 0 Å². The summed E-state index contributed by atoms with van der Waals surface area (Å²) in [6.45, 7) is 7.46. The predicted molar refractivity (Wildman–Crippen MR) is 102 cm³/mol. The second-order valence-corrected chi connectivity index (χ2v) is 6.63. The number of aromatic nitrogens is 1. The molecule has 0 saturated carbocycles. The van der Waals surface area contributed by atoms with Crippen molar-refractivity contribution in [2.45, 2.75) is 26.3 Å². The smallest absolute Gasteiger partial charge is 0.270 e. The molecule has 1 saturated heterocycles. The quantitative estimate of drug-likeness (QED) is 0.894. The number of nitrogens with one attached hydrogen (secondary N) is 1. The first kappa shape index (κ1) is 18.2. The molecule has 0 radical (unpaired) electrons. The molecule has 1 aliphatic rings. The standard InChI is InChI=1S/C20H25FN4O/c1-3-15(2)23-20(26)19-9-8-18(14-22-19)25-12-10-24(11-13-25)17-6-4-16(21)5-7-17/h4-9,14-15H,3,10-13H2,1-2H3,(H,23,26). The number of carbonyl (C=O) groups is 1. The van der Waals surface area contributed by atoms with E-state index in [2.05, 4.69) is 20.1 Å². The molecule has 5 nitrogen and oxygen atoms in total. The van der Waals surface area contributed by atoms with Crippen LogP contribution in [0.4, 0.5) is 15.8 Å². The first-order chi connectivity index (χ1) is 12.6. The maximum atomic E-state index is 13.1. The molecule has 6 heteroatoms. The van der Waals surface area contributed by atoms with Crippen molar-refractivity contribution < 1.29 is 9.18 Å². The zero-order valence-corrected chi connectivity index (χ0v) is 15.3. The van der Waals surface area contributed by atoms with Gasteiger partial charge in [0.15, 0.2) is 0 Å². The summed E-state index contributed by atoms with van der Waals surface area (Å²) in [4.78, 5) is 20.9. The number of rotatable bonds is 5. The first-order valence-corrected chi connectivity index (χ1v) is 9.09. The summed E-state index contributed by atoms with van der Waals surface area (Å²) in [5.74, 6) is -0.344. The number of pyridine rings is 1. The molecule has 0 aliphatic carbocycles. The molecular weight excluding hydrogens is 331 g/mol.